The molecule has 0 unspecified atom stereocenters. The molecular weight excluding hydrogens is 361 g/mol. The Kier molecular flexibility index (Phi) is 4.15. The van der Waals surface area contributed by atoms with E-state index in [1.807, 2.05) is 24.3 Å². The lowest BCUT2D eigenvalue weighted by molar-refractivity contribution is 0.899. The number of anilines is 1. The number of nitrogens with zero attached hydrogens (tertiary/aromatic N) is 3. The summed E-state index contributed by atoms with van der Waals surface area (Å²) >= 11 is 16.1. The molecule has 1 aromatic heterocycles. The molecule has 0 aliphatic carbocycles. The predicted octanol–water partition coefficient (Wildman–Crippen LogP) is 4.81. The first-order valence-electron chi connectivity index (χ1n) is 6.39. The third-order valence-corrected chi connectivity index (χ3v) is 4.35. The van der Waals surface area contributed by atoms with E-state index >= 15 is 0 Å². The Morgan fingerprint density at radius 3 is 2.30 bits per heavy atom. The molecule has 0 N–H and O–H groups in total. The molecule has 1 aliphatic heterocycles. The van der Waals surface area contributed by atoms with Crippen molar-refractivity contribution >= 4 is 45.1 Å². The standard InChI is InChI=1S/C14H12BrCl2N3/c15-10-5-3-4-9(8-10)11-12(16)18-14(19-13(11)17)20-6-1-2-7-20/h3-5,8H,1-2,6-7H2. The van der Waals surface area contributed by atoms with E-state index in [9.17, 15) is 0 Å². The minimum absolute atomic E-state index is 0.394. The molecule has 3 rings (SSSR count). The summed E-state index contributed by atoms with van der Waals surface area (Å²) in [6, 6.07) is 7.77. The predicted molar refractivity (Wildman–Crippen MR) is 86.6 cm³/mol. The lowest BCUT2D eigenvalue weighted by Gasteiger charge is -2.17. The quantitative estimate of drug-likeness (QED) is 0.708. The van der Waals surface area contributed by atoms with Gasteiger partial charge in [0.05, 0.1) is 5.56 Å². The van der Waals surface area contributed by atoms with Crippen LogP contribution in [0.3, 0.4) is 0 Å². The van der Waals surface area contributed by atoms with Crippen LogP contribution in [0.2, 0.25) is 10.3 Å². The first-order chi connectivity index (χ1) is 9.65. The number of benzene rings is 1. The molecule has 0 amide bonds. The summed E-state index contributed by atoms with van der Waals surface area (Å²) in [5.74, 6) is 0.622. The molecular formula is C14H12BrCl2N3. The Labute approximate surface area is 136 Å². The van der Waals surface area contributed by atoms with E-state index in [-0.39, 0.29) is 0 Å². The highest BCUT2D eigenvalue weighted by Crippen LogP contribution is 2.35. The van der Waals surface area contributed by atoms with Crippen LogP contribution in [0.15, 0.2) is 28.7 Å². The minimum atomic E-state index is 0.394. The van der Waals surface area contributed by atoms with E-state index in [1.54, 1.807) is 0 Å². The average molecular weight is 373 g/mol. The van der Waals surface area contributed by atoms with Crippen molar-refractivity contribution in [2.45, 2.75) is 12.8 Å². The van der Waals surface area contributed by atoms with Crippen molar-refractivity contribution in [1.29, 1.82) is 0 Å². The molecule has 6 heteroatoms. The van der Waals surface area contributed by atoms with E-state index < -0.39 is 0 Å². The van der Waals surface area contributed by atoms with Crippen molar-refractivity contribution < 1.29 is 0 Å². The maximum Gasteiger partial charge on any atom is 0.228 e. The van der Waals surface area contributed by atoms with Crippen LogP contribution in [0.4, 0.5) is 5.95 Å². The van der Waals surface area contributed by atoms with Gasteiger partial charge in [-0.25, -0.2) is 9.97 Å². The Balaban J connectivity index is 2.04. The summed E-state index contributed by atoms with van der Waals surface area (Å²) in [6.07, 6.45) is 2.32. The Morgan fingerprint density at radius 1 is 1.05 bits per heavy atom. The van der Waals surface area contributed by atoms with Crippen LogP contribution in [0, 0.1) is 0 Å². The number of halogens is 3. The van der Waals surface area contributed by atoms with Crippen molar-refractivity contribution in [3.63, 3.8) is 0 Å². The topological polar surface area (TPSA) is 29.0 Å². The second kappa shape index (κ2) is 5.88. The average Bonchev–Trinajstić information content (AvgIpc) is 2.91. The van der Waals surface area contributed by atoms with Crippen molar-refractivity contribution in [1.82, 2.24) is 9.97 Å². The summed E-state index contributed by atoms with van der Waals surface area (Å²) in [6.45, 7) is 1.92. The Morgan fingerprint density at radius 2 is 1.70 bits per heavy atom. The van der Waals surface area contributed by atoms with E-state index in [2.05, 4.69) is 30.8 Å². The smallest absolute Gasteiger partial charge is 0.228 e. The van der Waals surface area contributed by atoms with Crippen LogP contribution in [-0.4, -0.2) is 23.1 Å². The van der Waals surface area contributed by atoms with Gasteiger partial charge in [-0.2, -0.15) is 0 Å². The fraction of sp³-hybridized carbons (Fsp3) is 0.286. The third-order valence-electron chi connectivity index (χ3n) is 3.31. The molecule has 0 bridgehead atoms. The van der Waals surface area contributed by atoms with Crippen LogP contribution < -0.4 is 4.90 Å². The van der Waals surface area contributed by atoms with Crippen LogP contribution in [0.25, 0.3) is 11.1 Å². The van der Waals surface area contributed by atoms with Gasteiger partial charge < -0.3 is 4.90 Å². The van der Waals surface area contributed by atoms with E-state index in [4.69, 9.17) is 23.2 Å². The van der Waals surface area contributed by atoms with Crippen LogP contribution >= 0.6 is 39.1 Å². The third kappa shape index (κ3) is 2.78. The molecule has 2 aromatic rings. The number of hydrogen-bond acceptors (Lipinski definition) is 3. The van der Waals surface area contributed by atoms with Gasteiger partial charge in [-0.3, -0.25) is 0 Å². The molecule has 1 fully saturated rings. The number of hydrogen-bond donors (Lipinski definition) is 0. The molecule has 0 spiro atoms. The van der Waals surface area contributed by atoms with E-state index in [0.717, 1.165) is 36.0 Å². The van der Waals surface area contributed by atoms with Gasteiger partial charge in [0.25, 0.3) is 0 Å². The molecule has 104 valence electrons. The second-order valence-electron chi connectivity index (χ2n) is 4.68. The molecule has 1 aliphatic rings. The minimum Gasteiger partial charge on any atom is -0.341 e. The van der Waals surface area contributed by atoms with E-state index in [0.29, 0.717) is 21.8 Å². The Hall–Kier alpha value is -0.840. The molecule has 0 radical (unpaired) electrons. The van der Waals surface area contributed by atoms with Gasteiger partial charge in [-0.05, 0) is 30.5 Å². The zero-order valence-electron chi connectivity index (χ0n) is 10.6. The fourth-order valence-corrected chi connectivity index (χ4v) is 3.33. The lowest BCUT2D eigenvalue weighted by Crippen LogP contribution is -2.20. The first kappa shape index (κ1) is 14.1. The highest BCUT2D eigenvalue weighted by atomic mass is 79.9. The van der Waals surface area contributed by atoms with Gasteiger partial charge in [0.2, 0.25) is 5.95 Å². The van der Waals surface area contributed by atoms with Gasteiger partial charge in [-0.15, -0.1) is 0 Å². The number of rotatable bonds is 2. The summed E-state index contributed by atoms with van der Waals surface area (Å²) in [7, 11) is 0. The Bertz CT molecular complexity index is 619. The molecule has 3 nitrogen and oxygen atoms in total. The fourth-order valence-electron chi connectivity index (χ4n) is 2.34. The van der Waals surface area contributed by atoms with Gasteiger partial charge in [-0.1, -0.05) is 51.3 Å². The molecule has 1 saturated heterocycles. The normalized spacial score (nSPS) is 14.8. The summed E-state index contributed by atoms with van der Waals surface area (Å²) < 4.78 is 0.964. The summed E-state index contributed by atoms with van der Waals surface area (Å²) in [5.41, 5.74) is 1.58. The summed E-state index contributed by atoms with van der Waals surface area (Å²) in [4.78, 5) is 10.9. The van der Waals surface area contributed by atoms with Crippen LogP contribution in [-0.2, 0) is 0 Å². The SMILES string of the molecule is Clc1nc(N2CCCC2)nc(Cl)c1-c1cccc(Br)c1. The maximum atomic E-state index is 6.32. The summed E-state index contributed by atoms with van der Waals surface area (Å²) in [5, 5.41) is 0.787. The van der Waals surface area contributed by atoms with Crippen molar-refractivity contribution in [2.24, 2.45) is 0 Å². The zero-order valence-corrected chi connectivity index (χ0v) is 13.7. The highest BCUT2D eigenvalue weighted by Gasteiger charge is 2.19. The van der Waals surface area contributed by atoms with Crippen molar-refractivity contribution in [3.05, 3.63) is 39.0 Å². The molecule has 1 aromatic carbocycles. The zero-order chi connectivity index (χ0) is 14.1. The van der Waals surface area contributed by atoms with Crippen molar-refractivity contribution in [3.8, 4) is 11.1 Å². The van der Waals surface area contributed by atoms with Crippen LogP contribution in [0.5, 0.6) is 0 Å². The molecule has 2 heterocycles. The van der Waals surface area contributed by atoms with Crippen LogP contribution in [0.1, 0.15) is 12.8 Å². The van der Waals surface area contributed by atoms with Crippen molar-refractivity contribution in [2.75, 3.05) is 18.0 Å². The van der Waals surface area contributed by atoms with Gasteiger partial charge in [0, 0.05) is 17.6 Å². The van der Waals surface area contributed by atoms with Gasteiger partial charge in [0.15, 0.2) is 0 Å². The number of aromatic nitrogens is 2. The lowest BCUT2D eigenvalue weighted by atomic mass is 10.1. The highest BCUT2D eigenvalue weighted by molar-refractivity contribution is 9.10. The monoisotopic (exact) mass is 371 g/mol. The maximum absolute atomic E-state index is 6.32. The first-order valence-corrected chi connectivity index (χ1v) is 7.94. The second-order valence-corrected chi connectivity index (χ2v) is 6.32. The molecule has 0 saturated carbocycles. The van der Waals surface area contributed by atoms with Gasteiger partial charge >= 0.3 is 0 Å². The molecule has 0 atom stereocenters. The largest absolute Gasteiger partial charge is 0.341 e. The van der Waals surface area contributed by atoms with E-state index in [1.165, 1.54) is 0 Å². The molecule has 20 heavy (non-hydrogen) atoms. The van der Waals surface area contributed by atoms with Gasteiger partial charge in [0.1, 0.15) is 10.3 Å².